The quantitative estimate of drug-likeness (QED) is 0.171. The van der Waals surface area contributed by atoms with Crippen molar-refractivity contribution in [1.82, 2.24) is 4.90 Å². The van der Waals surface area contributed by atoms with Gasteiger partial charge in [-0.15, -0.1) is 0 Å². The third-order valence-electron chi connectivity index (χ3n) is 9.29. The van der Waals surface area contributed by atoms with Gasteiger partial charge in [-0.1, -0.05) is 70.2 Å². The van der Waals surface area contributed by atoms with Crippen LogP contribution in [0.15, 0.2) is 93.7 Å². The van der Waals surface area contributed by atoms with Crippen LogP contribution in [0.3, 0.4) is 0 Å². The average Bonchev–Trinajstić information content (AvgIpc) is 3.00. The monoisotopic (exact) mass is 698 g/mol. The van der Waals surface area contributed by atoms with Gasteiger partial charge in [-0.05, 0) is 68.4 Å². The summed E-state index contributed by atoms with van der Waals surface area (Å²) in [6, 6.07) is 20.3. The molecule has 0 saturated heterocycles. The Morgan fingerprint density at radius 3 is 2.02 bits per heavy atom. The maximum absolute atomic E-state index is 14.2. The first-order valence-electron chi connectivity index (χ1n) is 15.8. The van der Waals surface area contributed by atoms with Crippen LogP contribution in [0.1, 0.15) is 76.0 Å². The summed E-state index contributed by atoms with van der Waals surface area (Å²) in [6.45, 7) is 9.21. The first-order chi connectivity index (χ1) is 22.3. The number of carbonyl (C=O) groups is 2. The number of non-ortho nitro benzene ring substituents is 1. The van der Waals surface area contributed by atoms with Crippen molar-refractivity contribution in [2.75, 3.05) is 7.11 Å². The summed E-state index contributed by atoms with van der Waals surface area (Å²) in [5.41, 5.74) is 5.41. The summed E-state index contributed by atoms with van der Waals surface area (Å²) in [6.07, 6.45) is 2.22. The Morgan fingerprint density at radius 2 is 1.45 bits per heavy atom. The second-order valence-corrected chi connectivity index (χ2v) is 15.2. The van der Waals surface area contributed by atoms with Gasteiger partial charge in [-0.2, -0.15) is 0 Å². The Hall–Kier alpha value is -4.24. The number of rotatable bonds is 8. The van der Waals surface area contributed by atoms with Crippen molar-refractivity contribution in [3.05, 3.63) is 121 Å². The molecule has 3 aliphatic rings. The van der Waals surface area contributed by atoms with Gasteiger partial charge in [0.05, 0.1) is 16.5 Å². The van der Waals surface area contributed by atoms with Gasteiger partial charge in [0.2, 0.25) is 0 Å². The molecule has 47 heavy (non-hydrogen) atoms. The van der Waals surface area contributed by atoms with E-state index < -0.39 is 10.8 Å². The van der Waals surface area contributed by atoms with Crippen LogP contribution in [0.5, 0.6) is 11.5 Å². The molecule has 0 radical (unpaired) electrons. The Bertz CT molecular complexity index is 1790. The maximum atomic E-state index is 14.2. The smallest absolute Gasteiger partial charge is 0.269 e. The third-order valence-corrected chi connectivity index (χ3v) is 9.88. The van der Waals surface area contributed by atoms with Gasteiger partial charge in [0.1, 0.15) is 6.61 Å². The molecule has 1 aliphatic heterocycles. The summed E-state index contributed by atoms with van der Waals surface area (Å²) in [7, 11) is 1.55. The molecule has 8 nitrogen and oxygen atoms in total. The highest BCUT2D eigenvalue weighted by molar-refractivity contribution is 9.10. The molecule has 9 heteroatoms. The van der Waals surface area contributed by atoms with Crippen molar-refractivity contribution >= 4 is 33.2 Å². The fraction of sp³-hybridized carbons (Fsp3) is 0.368. The minimum Gasteiger partial charge on any atom is -0.493 e. The van der Waals surface area contributed by atoms with E-state index in [9.17, 15) is 19.7 Å². The van der Waals surface area contributed by atoms with Gasteiger partial charge < -0.3 is 14.4 Å². The van der Waals surface area contributed by atoms with Gasteiger partial charge in [0.15, 0.2) is 23.1 Å². The van der Waals surface area contributed by atoms with E-state index in [0.29, 0.717) is 64.9 Å². The number of halogens is 1. The number of hydrogen-bond acceptors (Lipinski definition) is 7. The predicted molar refractivity (Wildman–Crippen MR) is 183 cm³/mol. The molecule has 6 rings (SSSR count). The highest BCUT2D eigenvalue weighted by atomic mass is 79.9. The fourth-order valence-electron chi connectivity index (χ4n) is 7.30. The normalized spacial score (nSPS) is 19.0. The number of hydrogen-bond donors (Lipinski definition) is 0. The van der Waals surface area contributed by atoms with E-state index in [1.807, 2.05) is 30.3 Å². The van der Waals surface area contributed by atoms with E-state index in [0.717, 1.165) is 22.5 Å². The van der Waals surface area contributed by atoms with Crippen LogP contribution in [0, 0.1) is 20.9 Å². The Morgan fingerprint density at radius 1 is 0.851 bits per heavy atom. The minimum absolute atomic E-state index is 0.0140. The van der Waals surface area contributed by atoms with E-state index in [1.54, 1.807) is 19.2 Å². The standard InChI is InChI=1S/C38H39BrN2O6/c1-37(2)17-28-34(30(42)19-37)33(35-29(18-38(3,4)20-31(35)43)40(28)21-23-10-7-6-8-11-23)25-15-27(39)36(32(16-25)46-5)47-22-24-12-9-13-26(14-24)41(44)45/h6-16,33H,17-22H2,1-5H3. The van der Waals surface area contributed by atoms with Crippen molar-refractivity contribution < 1.29 is 24.0 Å². The highest BCUT2D eigenvalue weighted by Gasteiger charge is 2.49. The Kier molecular flexibility index (Phi) is 8.63. The minimum atomic E-state index is -0.546. The molecule has 0 fully saturated rings. The van der Waals surface area contributed by atoms with E-state index in [1.165, 1.54) is 12.1 Å². The van der Waals surface area contributed by atoms with Crippen LogP contribution in [-0.4, -0.2) is 28.5 Å². The molecule has 3 aromatic rings. The molecule has 2 aliphatic carbocycles. The van der Waals surface area contributed by atoms with Gasteiger partial charge in [0, 0.05) is 60.0 Å². The molecular formula is C38H39BrN2O6. The molecule has 0 N–H and O–H groups in total. The van der Waals surface area contributed by atoms with E-state index in [4.69, 9.17) is 9.47 Å². The molecule has 1 heterocycles. The largest absolute Gasteiger partial charge is 0.493 e. The van der Waals surface area contributed by atoms with Crippen LogP contribution in [0.2, 0.25) is 0 Å². The van der Waals surface area contributed by atoms with Crippen molar-refractivity contribution in [1.29, 1.82) is 0 Å². The van der Waals surface area contributed by atoms with Gasteiger partial charge in [-0.3, -0.25) is 19.7 Å². The lowest BCUT2D eigenvalue weighted by molar-refractivity contribution is -0.384. The first-order valence-corrected chi connectivity index (χ1v) is 16.6. The zero-order valence-electron chi connectivity index (χ0n) is 27.4. The SMILES string of the molecule is COc1cc(C2C3=C(CC(C)(C)CC3=O)N(Cc3ccccc3)C3=C2C(=O)CC(C)(C)C3)cc(Br)c1OCc1cccc([N+](=O)[O-])c1. The van der Waals surface area contributed by atoms with E-state index >= 15 is 0 Å². The Labute approximate surface area is 283 Å². The van der Waals surface area contributed by atoms with Crippen LogP contribution in [0.4, 0.5) is 5.69 Å². The van der Waals surface area contributed by atoms with Crippen molar-refractivity contribution in [2.24, 2.45) is 10.8 Å². The lowest BCUT2D eigenvalue weighted by Crippen LogP contribution is -2.44. The average molecular weight is 700 g/mol. The van der Waals surface area contributed by atoms with E-state index in [-0.39, 0.29) is 34.7 Å². The zero-order chi connectivity index (χ0) is 33.7. The number of carbonyl (C=O) groups excluding carboxylic acids is 2. The van der Waals surface area contributed by atoms with Crippen molar-refractivity contribution in [2.45, 2.75) is 72.4 Å². The number of ether oxygens (including phenoxy) is 2. The van der Waals surface area contributed by atoms with E-state index in [2.05, 4.69) is 60.7 Å². The summed E-state index contributed by atoms with van der Waals surface area (Å²) >= 11 is 3.69. The van der Waals surface area contributed by atoms with Gasteiger partial charge >= 0.3 is 0 Å². The van der Waals surface area contributed by atoms with Gasteiger partial charge in [0.25, 0.3) is 5.69 Å². The van der Waals surface area contributed by atoms with Crippen molar-refractivity contribution in [3.63, 3.8) is 0 Å². The molecule has 0 amide bonds. The predicted octanol–water partition coefficient (Wildman–Crippen LogP) is 8.83. The number of nitrogens with zero attached hydrogens (tertiary/aromatic N) is 2. The number of allylic oxidation sites excluding steroid dienone is 4. The summed E-state index contributed by atoms with van der Waals surface area (Å²) in [5.74, 6) is 0.437. The summed E-state index contributed by atoms with van der Waals surface area (Å²) in [4.78, 5) is 41.6. The maximum Gasteiger partial charge on any atom is 0.269 e. The summed E-state index contributed by atoms with van der Waals surface area (Å²) < 4.78 is 12.6. The zero-order valence-corrected chi connectivity index (χ0v) is 29.0. The van der Waals surface area contributed by atoms with Crippen LogP contribution >= 0.6 is 15.9 Å². The van der Waals surface area contributed by atoms with Crippen LogP contribution in [0.25, 0.3) is 0 Å². The van der Waals surface area contributed by atoms with Gasteiger partial charge in [-0.25, -0.2) is 0 Å². The number of methoxy groups -OCH3 is 1. The highest BCUT2D eigenvalue weighted by Crippen LogP contribution is 2.55. The molecule has 0 unspecified atom stereocenters. The second-order valence-electron chi connectivity index (χ2n) is 14.4. The molecule has 0 atom stereocenters. The number of nitro benzene ring substituents is 1. The van der Waals surface area contributed by atoms with Crippen LogP contribution in [-0.2, 0) is 22.7 Å². The lowest BCUT2D eigenvalue weighted by atomic mass is 9.63. The van der Waals surface area contributed by atoms with Crippen molar-refractivity contribution in [3.8, 4) is 11.5 Å². The molecule has 0 saturated carbocycles. The molecule has 3 aromatic carbocycles. The molecule has 0 aromatic heterocycles. The molecule has 244 valence electrons. The number of nitro groups is 1. The molecule has 0 bridgehead atoms. The third kappa shape index (κ3) is 6.50. The number of ketones is 2. The summed E-state index contributed by atoms with van der Waals surface area (Å²) in [5, 5.41) is 11.3. The fourth-order valence-corrected chi connectivity index (χ4v) is 7.87. The Balaban J connectivity index is 1.48. The number of Topliss-reactive ketones (excluding diaryl/α,β-unsaturated/α-hetero) is 2. The molecule has 0 spiro atoms. The second kappa shape index (κ2) is 12.4. The topological polar surface area (TPSA) is 99.0 Å². The van der Waals surface area contributed by atoms with Crippen LogP contribution < -0.4 is 9.47 Å². The lowest BCUT2D eigenvalue weighted by Gasteiger charge is -2.49. The first kappa shape index (κ1) is 32.7. The number of benzene rings is 3. The molecular weight excluding hydrogens is 660 g/mol.